The van der Waals surface area contributed by atoms with E-state index < -0.39 is 23.1 Å². The Balaban J connectivity index is 1.59. The maximum absolute atomic E-state index is 13.7. The summed E-state index contributed by atoms with van der Waals surface area (Å²) in [6, 6.07) is 7.91. The molecule has 0 saturated heterocycles. The number of benzene rings is 1. The highest BCUT2D eigenvalue weighted by Gasteiger charge is 2.18. The SMILES string of the molecule is Cc1ccc(-c2ccns2)cc1-c1cnc(NC(=O)c2c(F)cncc2F)cn1. The van der Waals surface area contributed by atoms with Crippen molar-refractivity contribution in [1.29, 1.82) is 0 Å². The van der Waals surface area contributed by atoms with Crippen LogP contribution in [0.1, 0.15) is 15.9 Å². The van der Waals surface area contributed by atoms with Crippen LogP contribution in [0, 0.1) is 18.6 Å². The van der Waals surface area contributed by atoms with Crippen molar-refractivity contribution in [1.82, 2.24) is 19.3 Å². The topological polar surface area (TPSA) is 80.7 Å². The lowest BCUT2D eigenvalue weighted by molar-refractivity contribution is 0.101. The van der Waals surface area contributed by atoms with Gasteiger partial charge in [-0.1, -0.05) is 12.1 Å². The van der Waals surface area contributed by atoms with E-state index >= 15 is 0 Å². The minimum atomic E-state index is -1.05. The Kier molecular flexibility index (Phi) is 5.05. The Morgan fingerprint density at radius 3 is 2.48 bits per heavy atom. The van der Waals surface area contributed by atoms with Gasteiger partial charge in [0.25, 0.3) is 5.91 Å². The van der Waals surface area contributed by atoms with Gasteiger partial charge in [-0.05, 0) is 41.7 Å². The summed E-state index contributed by atoms with van der Waals surface area (Å²) in [6.07, 6.45) is 6.11. The summed E-state index contributed by atoms with van der Waals surface area (Å²) in [5, 5.41) is 2.34. The Morgan fingerprint density at radius 1 is 1.03 bits per heavy atom. The molecule has 0 radical (unpaired) electrons. The van der Waals surface area contributed by atoms with E-state index in [4.69, 9.17) is 0 Å². The number of carbonyl (C=O) groups is 1. The summed E-state index contributed by atoms with van der Waals surface area (Å²) in [4.78, 5) is 25.0. The summed E-state index contributed by atoms with van der Waals surface area (Å²) in [6.45, 7) is 1.96. The number of aromatic nitrogens is 4. The first-order valence-electron chi connectivity index (χ1n) is 8.47. The van der Waals surface area contributed by atoms with E-state index in [1.807, 2.05) is 31.2 Å². The molecule has 0 fully saturated rings. The lowest BCUT2D eigenvalue weighted by atomic mass is 10.0. The van der Waals surface area contributed by atoms with Crippen LogP contribution in [0.15, 0.2) is 55.2 Å². The van der Waals surface area contributed by atoms with E-state index in [0.29, 0.717) is 5.69 Å². The molecule has 1 N–H and O–H groups in total. The third kappa shape index (κ3) is 3.85. The number of hydrogen-bond donors (Lipinski definition) is 1. The third-order valence-electron chi connectivity index (χ3n) is 4.21. The highest BCUT2D eigenvalue weighted by Crippen LogP contribution is 2.29. The van der Waals surface area contributed by atoms with Gasteiger partial charge in [0.15, 0.2) is 17.5 Å². The second kappa shape index (κ2) is 7.80. The van der Waals surface area contributed by atoms with Crippen molar-refractivity contribution < 1.29 is 13.6 Å². The fourth-order valence-electron chi connectivity index (χ4n) is 2.75. The minimum Gasteiger partial charge on any atom is -0.305 e. The molecular formula is C20H13F2N5OS. The Hall–Kier alpha value is -3.59. The number of rotatable bonds is 4. The molecule has 0 atom stereocenters. The van der Waals surface area contributed by atoms with Crippen LogP contribution in [0.25, 0.3) is 21.7 Å². The molecule has 1 amide bonds. The van der Waals surface area contributed by atoms with Crippen molar-refractivity contribution in [3.63, 3.8) is 0 Å². The molecule has 4 rings (SSSR count). The third-order valence-corrected chi connectivity index (χ3v) is 5.01. The molecule has 3 aromatic heterocycles. The number of nitrogens with one attached hydrogen (secondary N) is 1. The molecule has 6 nitrogen and oxygen atoms in total. The highest BCUT2D eigenvalue weighted by atomic mass is 32.1. The fourth-order valence-corrected chi connectivity index (χ4v) is 3.34. The lowest BCUT2D eigenvalue weighted by Crippen LogP contribution is -2.17. The molecule has 0 aliphatic heterocycles. The molecule has 4 aromatic rings. The monoisotopic (exact) mass is 409 g/mol. The Labute approximate surface area is 168 Å². The second-order valence-electron chi connectivity index (χ2n) is 6.13. The summed E-state index contributed by atoms with van der Waals surface area (Å²) < 4.78 is 31.5. The summed E-state index contributed by atoms with van der Waals surface area (Å²) in [5.41, 5.74) is 2.78. The number of halogens is 2. The summed E-state index contributed by atoms with van der Waals surface area (Å²) >= 11 is 1.40. The van der Waals surface area contributed by atoms with Gasteiger partial charge >= 0.3 is 0 Å². The zero-order valence-electron chi connectivity index (χ0n) is 15.1. The van der Waals surface area contributed by atoms with Crippen LogP contribution in [-0.4, -0.2) is 25.2 Å². The zero-order chi connectivity index (χ0) is 20.4. The Bertz CT molecular complexity index is 1160. The van der Waals surface area contributed by atoms with Crippen LogP contribution in [0.2, 0.25) is 0 Å². The number of pyridine rings is 1. The summed E-state index contributed by atoms with van der Waals surface area (Å²) in [5.74, 6) is -3.00. The van der Waals surface area contributed by atoms with Crippen molar-refractivity contribution in [3.05, 3.63) is 78.0 Å². The molecule has 0 spiro atoms. The van der Waals surface area contributed by atoms with E-state index in [1.165, 1.54) is 23.9 Å². The van der Waals surface area contributed by atoms with Gasteiger partial charge in [0.1, 0.15) is 5.56 Å². The quantitative estimate of drug-likeness (QED) is 0.537. The van der Waals surface area contributed by atoms with Gasteiger partial charge < -0.3 is 5.32 Å². The van der Waals surface area contributed by atoms with Gasteiger partial charge in [0.2, 0.25) is 0 Å². The molecule has 144 valence electrons. The number of amides is 1. The average Bonchev–Trinajstić information content (AvgIpc) is 3.24. The number of hydrogen-bond acceptors (Lipinski definition) is 6. The molecule has 9 heteroatoms. The van der Waals surface area contributed by atoms with Crippen LogP contribution in [0.4, 0.5) is 14.6 Å². The normalized spacial score (nSPS) is 10.7. The first kappa shape index (κ1) is 18.8. The number of aryl methyl sites for hydroxylation is 1. The van der Waals surface area contributed by atoms with Crippen LogP contribution < -0.4 is 5.32 Å². The molecule has 0 saturated carbocycles. The predicted octanol–water partition coefficient (Wildman–Crippen LogP) is 4.50. The lowest BCUT2D eigenvalue weighted by Gasteiger charge is -2.09. The number of anilines is 1. The highest BCUT2D eigenvalue weighted by molar-refractivity contribution is 7.09. The van der Waals surface area contributed by atoms with E-state index in [-0.39, 0.29) is 5.82 Å². The second-order valence-corrected chi connectivity index (χ2v) is 6.96. The molecule has 3 heterocycles. The first-order chi connectivity index (χ1) is 14.0. The van der Waals surface area contributed by atoms with Gasteiger partial charge in [-0.3, -0.25) is 14.8 Å². The van der Waals surface area contributed by atoms with Crippen LogP contribution in [0.3, 0.4) is 0 Å². The van der Waals surface area contributed by atoms with Gasteiger partial charge in [0.05, 0.1) is 35.4 Å². The van der Waals surface area contributed by atoms with Crippen LogP contribution >= 0.6 is 11.5 Å². The first-order valence-corrected chi connectivity index (χ1v) is 9.25. The summed E-state index contributed by atoms with van der Waals surface area (Å²) in [7, 11) is 0. The molecule has 0 aliphatic carbocycles. The molecule has 0 aliphatic rings. The molecule has 0 unspecified atom stereocenters. The molecule has 1 aromatic carbocycles. The van der Waals surface area contributed by atoms with E-state index in [9.17, 15) is 13.6 Å². The zero-order valence-corrected chi connectivity index (χ0v) is 15.9. The maximum atomic E-state index is 13.7. The van der Waals surface area contributed by atoms with E-state index in [2.05, 4.69) is 24.6 Å². The largest absolute Gasteiger partial charge is 0.305 e. The van der Waals surface area contributed by atoms with Crippen molar-refractivity contribution in [2.75, 3.05) is 5.32 Å². The van der Waals surface area contributed by atoms with E-state index in [1.54, 1.807) is 6.20 Å². The van der Waals surface area contributed by atoms with Crippen molar-refractivity contribution in [2.24, 2.45) is 0 Å². The van der Waals surface area contributed by atoms with Gasteiger partial charge in [-0.2, -0.15) is 0 Å². The Morgan fingerprint density at radius 2 is 1.83 bits per heavy atom. The standard InChI is InChI=1S/C20H13F2N5OS/c1-11-2-3-12(17-4-5-26-29-17)6-13(11)16-9-25-18(10-24-16)27-20(28)19-14(21)7-23-8-15(19)22/h2-10H,1H3,(H,25,27,28). The maximum Gasteiger partial charge on any atom is 0.262 e. The smallest absolute Gasteiger partial charge is 0.262 e. The van der Waals surface area contributed by atoms with Gasteiger partial charge in [0, 0.05) is 11.8 Å². The molecule has 0 bridgehead atoms. The minimum absolute atomic E-state index is 0.0747. The van der Waals surface area contributed by atoms with Crippen LogP contribution in [-0.2, 0) is 0 Å². The van der Waals surface area contributed by atoms with Crippen molar-refractivity contribution >= 4 is 23.3 Å². The van der Waals surface area contributed by atoms with Gasteiger partial charge in [-0.25, -0.2) is 18.1 Å². The van der Waals surface area contributed by atoms with Crippen molar-refractivity contribution in [3.8, 4) is 21.7 Å². The van der Waals surface area contributed by atoms with Crippen LogP contribution in [0.5, 0.6) is 0 Å². The predicted molar refractivity (Wildman–Crippen MR) is 105 cm³/mol. The number of carbonyl (C=O) groups excluding carboxylic acids is 1. The average molecular weight is 409 g/mol. The van der Waals surface area contributed by atoms with Gasteiger partial charge in [-0.15, -0.1) is 0 Å². The number of nitrogens with zero attached hydrogens (tertiary/aromatic N) is 4. The van der Waals surface area contributed by atoms with Crippen molar-refractivity contribution in [2.45, 2.75) is 6.92 Å². The molecular weight excluding hydrogens is 396 g/mol. The molecule has 29 heavy (non-hydrogen) atoms. The fraction of sp³-hybridized carbons (Fsp3) is 0.0500. The van der Waals surface area contributed by atoms with E-state index in [0.717, 1.165) is 34.0 Å².